The van der Waals surface area contributed by atoms with E-state index in [1.807, 2.05) is 38.2 Å². The Kier molecular flexibility index (Phi) is 7.08. The second kappa shape index (κ2) is 10.0. The number of piperazine rings is 1. The molecule has 1 amide bonds. The number of ether oxygens (including phenoxy) is 1. The number of carbonyl (C=O) groups excluding carboxylic acids is 1. The molecule has 10 heteroatoms. The van der Waals surface area contributed by atoms with Gasteiger partial charge in [0, 0.05) is 37.2 Å². The lowest BCUT2D eigenvalue weighted by Gasteiger charge is -2.31. The van der Waals surface area contributed by atoms with Crippen LogP contribution in [-0.2, 0) is 16.6 Å². The first-order chi connectivity index (χ1) is 15.8. The standard InChI is InChI=1S/C23H26N4O4S2/c1-17-3-7-19(8-4-17)31-15-22-25-21(16-32-22)23(28)24-18-5-9-20(10-6-18)33(29,30)27-13-11-26(2)12-14-27/h3-10,16H,11-15H2,1-2H3,(H,24,28). The molecule has 2 heterocycles. The fourth-order valence-electron chi connectivity index (χ4n) is 3.34. The number of hydrogen-bond acceptors (Lipinski definition) is 7. The summed E-state index contributed by atoms with van der Waals surface area (Å²) in [7, 11) is -1.57. The summed E-state index contributed by atoms with van der Waals surface area (Å²) >= 11 is 1.35. The molecule has 4 rings (SSSR count). The first kappa shape index (κ1) is 23.4. The summed E-state index contributed by atoms with van der Waals surface area (Å²) < 4.78 is 32.9. The maximum Gasteiger partial charge on any atom is 0.275 e. The quantitative estimate of drug-likeness (QED) is 0.551. The van der Waals surface area contributed by atoms with Crippen molar-refractivity contribution in [1.82, 2.24) is 14.2 Å². The van der Waals surface area contributed by atoms with E-state index in [1.54, 1.807) is 17.5 Å². The van der Waals surface area contributed by atoms with Gasteiger partial charge in [-0.2, -0.15) is 4.31 Å². The zero-order chi connectivity index (χ0) is 23.4. The van der Waals surface area contributed by atoms with Gasteiger partial charge in [-0.1, -0.05) is 17.7 Å². The fourth-order valence-corrected chi connectivity index (χ4v) is 5.45. The van der Waals surface area contributed by atoms with Crippen LogP contribution in [0.15, 0.2) is 58.8 Å². The zero-order valence-corrected chi connectivity index (χ0v) is 20.2. The molecule has 1 aromatic heterocycles. The van der Waals surface area contributed by atoms with Crippen LogP contribution >= 0.6 is 11.3 Å². The molecule has 8 nitrogen and oxygen atoms in total. The highest BCUT2D eigenvalue weighted by atomic mass is 32.2. The van der Waals surface area contributed by atoms with Crippen molar-refractivity contribution in [3.63, 3.8) is 0 Å². The monoisotopic (exact) mass is 486 g/mol. The van der Waals surface area contributed by atoms with E-state index in [9.17, 15) is 13.2 Å². The van der Waals surface area contributed by atoms with Gasteiger partial charge in [-0.15, -0.1) is 11.3 Å². The number of thiazole rings is 1. The molecule has 0 saturated carbocycles. The first-order valence-electron chi connectivity index (χ1n) is 10.6. The molecule has 1 saturated heterocycles. The topological polar surface area (TPSA) is 91.8 Å². The average molecular weight is 487 g/mol. The van der Waals surface area contributed by atoms with Crippen molar-refractivity contribution in [1.29, 1.82) is 0 Å². The lowest BCUT2D eigenvalue weighted by molar-refractivity contribution is 0.102. The highest BCUT2D eigenvalue weighted by Gasteiger charge is 2.27. The Morgan fingerprint density at radius 2 is 1.73 bits per heavy atom. The van der Waals surface area contributed by atoms with E-state index in [0.29, 0.717) is 36.9 Å². The number of hydrogen-bond donors (Lipinski definition) is 1. The van der Waals surface area contributed by atoms with Crippen LogP contribution in [0.5, 0.6) is 5.75 Å². The zero-order valence-electron chi connectivity index (χ0n) is 18.5. The Labute approximate surface area is 197 Å². The normalized spacial score (nSPS) is 15.3. The van der Waals surface area contributed by atoms with Crippen molar-refractivity contribution in [2.24, 2.45) is 0 Å². The van der Waals surface area contributed by atoms with Crippen molar-refractivity contribution in [2.75, 3.05) is 38.5 Å². The van der Waals surface area contributed by atoms with Gasteiger partial charge in [0.15, 0.2) is 0 Å². The number of nitrogens with zero attached hydrogens (tertiary/aromatic N) is 3. The molecule has 2 aromatic carbocycles. The lowest BCUT2D eigenvalue weighted by Crippen LogP contribution is -2.46. The number of benzene rings is 2. The minimum atomic E-state index is -3.54. The third kappa shape index (κ3) is 5.77. The first-order valence-corrected chi connectivity index (χ1v) is 12.9. The summed E-state index contributed by atoms with van der Waals surface area (Å²) in [5, 5.41) is 5.13. The Balaban J connectivity index is 1.34. The molecule has 33 heavy (non-hydrogen) atoms. The van der Waals surface area contributed by atoms with Crippen molar-refractivity contribution in [2.45, 2.75) is 18.4 Å². The van der Waals surface area contributed by atoms with E-state index in [-0.39, 0.29) is 23.1 Å². The second-order valence-corrected chi connectivity index (χ2v) is 10.8. The van der Waals surface area contributed by atoms with Gasteiger partial charge in [0.1, 0.15) is 23.1 Å². The van der Waals surface area contributed by atoms with E-state index in [0.717, 1.165) is 11.3 Å². The third-order valence-corrected chi connectivity index (χ3v) is 8.12. The highest BCUT2D eigenvalue weighted by Crippen LogP contribution is 2.21. The van der Waals surface area contributed by atoms with Gasteiger partial charge < -0.3 is 15.0 Å². The van der Waals surface area contributed by atoms with Crippen molar-refractivity contribution in [3.05, 3.63) is 70.2 Å². The number of amides is 1. The minimum Gasteiger partial charge on any atom is -0.486 e. The average Bonchev–Trinajstić information content (AvgIpc) is 3.29. The molecule has 1 N–H and O–H groups in total. The van der Waals surface area contributed by atoms with Crippen molar-refractivity contribution in [3.8, 4) is 5.75 Å². The molecule has 0 bridgehead atoms. The summed E-state index contributed by atoms with van der Waals surface area (Å²) in [5.74, 6) is 0.385. The number of nitrogens with one attached hydrogen (secondary N) is 1. The molecular weight excluding hydrogens is 460 g/mol. The third-order valence-electron chi connectivity index (χ3n) is 5.38. The van der Waals surface area contributed by atoms with Gasteiger partial charge >= 0.3 is 0 Å². The fraction of sp³-hybridized carbons (Fsp3) is 0.304. The Bertz CT molecular complexity index is 1200. The number of anilines is 1. The predicted octanol–water partition coefficient (Wildman–Crippen LogP) is 3.22. The summed E-state index contributed by atoms with van der Waals surface area (Å²) in [6, 6.07) is 13.9. The van der Waals surface area contributed by atoms with E-state index in [1.165, 1.54) is 27.8 Å². The smallest absolute Gasteiger partial charge is 0.275 e. The maximum atomic E-state index is 12.8. The van der Waals surface area contributed by atoms with E-state index < -0.39 is 10.0 Å². The van der Waals surface area contributed by atoms with Gasteiger partial charge in [-0.25, -0.2) is 13.4 Å². The van der Waals surface area contributed by atoms with Gasteiger partial charge in [0.05, 0.1) is 4.90 Å². The summed E-state index contributed by atoms with van der Waals surface area (Å²) in [6.45, 7) is 4.64. The maximum absolute atomic E-state index is 12.8. The molecule has 0 unspecified atom stereocenters. The van der Waals surface area contributed by atoms with Gasteiger partial charge in [-0.3, -0.25) is 4.79 Å². The Hall–Kier alpha value is -2.79. The molecule has 0 spiro atoms. The SMILES string of the molecule is Cc1ccc(OCc2nc(C(=O)Nc3ccc(S(=O)(=O)N4CCN(C)CC4)cc3)cs2)cc1. The van der Waals surface area contributed by atoms with Crippen LogP contribution in [0.3, 0.4) is 0 Å². The predicted molar refractivity (Wildman–Crippen MR) is 128 cm³/mol. The van der Waals surface area contributed by atoms with Crippen molar-refractivity contribution < 1.29 is 17.9 Å². The molecule has 3 aromatic rings. The van der Waals surface area contributed by atoms with Crippen LogP contribution in [-0.4, -0.2) is 61.7 Å². The van der Waals surface area contributed by atoms with Crippen LogP contribution < -0.4 is 10.1 Å². The Morgan fingerprint density at radius 1 is 1.06 bits per heavy atom. The lowest BCUT2D eigenvalue weighted by atomic mass is 10.2. The number of likely N-dealkylation sites (N-methyl/N-ethyl adjacent to an activating group) is 1. The largest absolute Gasteiger partial charge is 0.486 e. The minimum absolute atomic E-state index is 0.217. The van der Waals surface area contributed by atoms with Crippen molar-refractivity contribution >= 4 is 33.0 Å². The van der Waals surface area contributed by atoms with Crippen LogP contribution in [0, 0.1) is 6.92 Å². The van der Waals surface area contributed by atoms with Crippen LogP contribution in [0.1, 0.15) is 21.1 Å². The molecule has 0 aliphatic carbocycles. The number of aromatic nitrogens is 1. The Morgan fingerprint density at radius 3 is 2.39 bits per heavy atom. The summed E-state index contributed by atoms with van der Waals surface area (Å²) in [4.78, 5) is 19.2. The molecule has 0 radical (unpaired) electrons. The second-order valence-electron chi connectivity index (χ2n) is 7.91. The summed E-state index contributed by atoms with van der Waals surface area (Å²) in [5.41, 5.74) is 1.94. The molecular formula is C23H26N4O4S2. The van der Waals surface area contributed by atoms with Gasteiger partial charge in [0.25, 0.3) is 5.91 Å². The van der Waals surface area contributed by atoms with Gasteiger partial charge in [0.2, 0.25) is 10.0 Å². The number of carbonyl (C=O) groups is 1. The van der Waals surface area contributed by atoms with E-state index >= 15 is 0 Å². The number of rotatable bonds is 7. The molecule has 1 aliphatic rings. The van der Waals surface area contributed by atoms with E-state index in [2.05, 4.69) is 15.2 Å². The molecule has 174 valence electrons. The van der Waals surface area contributed by atoms with E-state index in [4.69, 9.17) is 4.74 Å². The summed E-state index contributed by atoms with van der Waals surface area (Å²) in [6.07, 6.45) is 0. The van der Waals surface area contributed by atoms with Crippen LogP contribution in [0.4, 0.5) is 5.69 Å². The van der Waals surface area contributed by atoms with Gasteiger partial charge in [-0.05, 0) is 50.4 Å². The number of sulfonamides is 1. The van der Waals surface area contributed by atoms with Crippen LogP contribution in [0.25, 0.3) is 0 Å². The molecule has 1 fully saturated rings. The molecule has 0 atom stereocenters. The highest BCUT2D eigenvalue weighted by molar-refractivity contribution is 7.89. The number of aryl methyl sites for hydroxylation is 1. The molecule has 1 aliphatic heterocycles. The van der Waals surface area contributed by atoms with Crippen LogP contribution in [0.2, 0.25) is 0 Å².